The minimum atomic E-state index is -3.67. The van der Waals surface area contributed by atoms with Crippen molar-refractivity contribution in [3.05, 3.63) is 58.6 Å². The third kappa shape index (κ3) is 5.83. The SMILES string of the molecule is CN1CCN(C2=Cc3ccccc3[Se]c3ccc(Cl)cc32)CC1.CS(=O)(=O)O. The van der Waals surface area contributed by atoms with Gasteiger partial charge in [0.1, 0.15) is 0 Å². The van der Waals surface area contributed by atoms with Gasteiger partial charge in [-0.1, -0.05) is 0 Å². The predicted molar refractivity (Wildman–Crippen MR) is 117 cm³/mol. The number of nitrogens with zero attached hydrogens (tertiary/aromatic N) is 2. The molecule has 0 spiro atoms. The second kappa shape index (κ2) is 8.99. The Labute approximate surface area is 177 Å². The fourth-order valence-electron chi connectivity index (χ4n) is 3.14. The van der Waals surface area contributed by atoms with Crippen molar-refractivity contribution in [1.82, 2.24) is 9.80 Å². The Morgan fingerprint density at radius 1 is 1.04 bits per heavy atom. The normalized spacial score (nSPS) is 16.9. The Balaban J connectivity index is 0.000000403. The summed E-state index contributed by atoms with van der Waals surface area (Å²) in [6.45, 7) is 4.37. The second-order valence-corrected chi connectivity index (χ2v) is 11.0. The van der Waals surface area contributed by atoms with Crippen molar-refractivity contribution < 1.29 is 13.0 Å². The minimum Gasteiger partial charge on any atom is -0.286 e. The molecule has 1 saturated heterocycles. The van der Waals surface area contributed by atoms with Crippen molar-refractivity contribution >= 4 is 57.4 Å². The molecule has 1 N–H and O–H groups in total. The van der Waals surface area contributed by atoms with E-state index in [1.165, 1.54) is 25.7 Å². The first kappa shape index (κ1) is 21.4. The van der Waals surface area contributed by atoms with Gasteiger partial charge < -0.3 is 0 Å². The van der Waals surface area contributed by atoms with E-state index in [9.17, 15) is 8.42 Å². The van der Waals surface area contributed by atoms with Gasteiger partial charge in [0.15, 0.2) is 0 Å². The zero-order valence-electron chi connectivity index (χ0n) is 15.8. The molecule has 0 bridgehead atoms. The molecule has 1 fully saturated rings. The Morgan fingerprint density at radius 2 is 1.68 bits per heavy atom. The number of piperazine rings is 1. The van der Waals surface area contributed by atoms with Crippen molar-refractivity contribution in [2.24, 2.45) is 0 Å². The zero-order chi connectivity index (χ0) is 20.3. The molecule has 0 saturated carbocycles. The van der Waals surface area contributed by atoms with E-state index in [2.05, 4.69) is 59.3 Å². The smallest absolute Gasteiger partial charge is 0.261 e. The standard InChI is InChI=1S/C19H19ClN2Se.CH4O3S/c1-21-8-10-22(11-9-21)17-12-14-4-2-3-5-18(14)23-19-7-6-15(20)13-16(17)19;1-5(2,3)4/h2-7,12-13H,8-11H2,1H3;1H3,(H,2,3,4). The Bertz CT molecular complexity index is 979. The van der Waals surface area contributed by atoms with Crippen molar-refractivity contribution in [3.63, 3.8) is 0 Å². The maximum Gasteiger partial charge on any atom is 0.261 e. The Kier molecular flexibility index (Phi) is 6.86. The number of likely N-dealkylation sites (N-methyl/N-ethyl adjacent to an activating group) is 1. The third-order valence-corrected chi connectivity index (χ3v) is 7.18. The summed E-state index contributed by atoms with van der Waals surface area (Å²) in [4.78, 5) is 4.91. The van der Waals surface area contributed by atoms with Gasteiger partial charge in [-0.05, 0) is 0 Å². The number of halogens is 1. The second-order valence-electron chi connectivity index (χ2n) is 6.83. The van der Waals surface area contributed by atoms with Crippen molar-refractivity contribution in [1.29, 1.82) is 0 Å². The number of rotatable bonds is 1. The molecule has 2 aromatic rings. The molecule has 2 aliphatic heterocycles. The van der Waals surface area contributed by atoms with Crippen LogP contribution in [0.5, 0.6) is 0 Å². The van der Waals surface area contributed by atoms with Gasteiger partial charge in [0.25, 0.3) is 10.1 Å². The van der Waals surface area contributed by atoms with Gasteiger partial charge in [0.05, 0.1) is 6.26 Å². The molecule has 150 valence electrons. The first-order chi connectivity index (χ1) is 13.2. The largest absolute Gasteiger partial charge is 0.286 e. The van der Waals surface area contributed by atoms with Gasteiger partial charge in [0, 0.05) is 0 Å². The van der Waals surface area contributed by atoms with Crippen LogP contribution in [0.4, 0.5) is 0 Å². The van der Waals surface area contributed by atoms with Gasteiger partial charge in [-0.3, -0.25) is 4.55 Å². The van der Waals surface area contributed by atoms with E-state index < -0.39 is 10.1 Å². The maximum atomic E-state index is 9.19. The van der Waals surface area contributed by atoms with Crippen LogP contribution >= 0.6 is 11.6 Å². The van der Waals surface area contributed by atoms with Crippen molar-refractivity contribution in [2.45, 2.75) is 0 Å². The van der Waals surface area contributed by atoms with E-state index in [0.29, 0.717) is 21.2 Å². The van der Waals surface area contributed by atoms with E-state index in [4.69, 9.17) is 16.2 Å². The molecule has 0 amide bonds. The molecule has 0 unspecified atom stereocenters. The molecule has 0 atom stereocenters. The summed E-state index contributed by atoms with van der Waals surface area (Å²) in [5.74, 6) is 0. The summed E-state index contributed by atoms with van der Waals surface area (Å²) >= 11 is 6.64. The van der Waals surface area contributed by atoms with Crippen LogP contribution in [0.1, 0.15) is 11.1 Å². The minimum absolute atomic E-state index is 0.321. The van der Waals surface area contributed by atoms with Crippen LogP contribution < -0.4 is 8.92 Å². The molecule has 5 nitrogen and oxygen atoms in total. The zero-order valence-corrected chi connectivity index (χ0v) is 19.1. The molecule has 28 heavy (non-hydrogen) atoms. The average Bonchev–Trinajstić information content (AvgIpc) is 2.77. The van der Waals surface area contributed by atoms with Gasteiger partial charge in [0.2, 0.25) is 0 Å². The predicted octanol–water partition coefficient (Wildman–Crippen LogP) is 1.56. The van der Waals surface area contributed by atoms with E-state index in [0.717, 1.165) is 31.2 Å². The monoisotopic (exact) mass is 486 g/mol. The summed E-state index contributed by atoms with van der Waals surface area (Å²) in [6.07, 6.45) is 3.08. The van der Waals surface area contributed by atoms with Gasteiger partial charge >= 0.3 is 149 Å². The topological polar surface area (TPSA) is 60.9 Å². The molecule has 0 aromatic heterocycles. The third-order valence-electron chi connectivity index (χ3n) is 4.49. The van der Waals surface area contributed by atoms with Crippen LogP contribution in [0, 0.1) is 0 Å². The fourth-order valence-corrected chi connectivity index (χ4v) is 5.49. The van der Waals surface area contributed by atoms with E-state index in [-0.39, 0.29) is 0 Å². The van der Waals surface area contributed by atoms with Crippen LogP contribution in [0.15, 0.2) is 42.5 Å². The van der Waals surface area contributed by atoms with Crippen LogP contribution in [0.25, 0.3) is 11.8 Å². The summed E-state index contributed by atoms with van der Waals surface area (Å²) in [7, 11) is -1.47. The van der Waals surface area contributed by atoms with Gasteiger partial charge in [-0.25, -0.2) is 0 Å². The van der Waals surface area contributed by atoms with Crippen molar-refractivity contribution in [2.75, 3.05) is 39.5 Å². The van der Waals surface area contributed by atoms with E-state index in [1.54, 1.807) is 0 Å². The van der Waals surface area contributed by atoms with Crippen LogP contribution in [-0.4, -0.2) is 77.2 Å². The molecule has 2 aliphatic rings. The molecule has 2 heterocycles. The van der Waals surface area contributed by atoms with Crippen LogP contribution in [0.3, 0.4) is 0 Å². The number of fused-ring (bicyclic) bond motifs is 2. The molecule has 0 radical (unpaired) electrons. The first-order valence-corrected chi connectivity index (χ1v) is 12.8. The number of benzene rings is 2. The molecule has 4 rings (SSSR count). The van der Waals surface area contributed by atoms with Crippen molar-refractivity contribution in [3.8, 4) is 0 Å². The maximum absolute atomic E-state index is 9.19. The average molecular weight is 486 g/mol. The Morgan fingerprint density at radius 3 is 2.36 bits per heavy atom. The molecular weight excluding hydrogens is 463 g/mol. The molecule has 2 aromatic carbocycles. The molecular formula is C20H23ClN2O3SSe. The van der Waals surface area contributed by atoms with Crippen LogP contribution in [0.2, 0.25) is 5.02 Å². The Hall–Kier alpha value is -1.34. The first-order valence-electron chi connectivity index (χ1n) is 8.85. The summed E-state index contributed by atoms with van der Waals surface area (Å²) in [5.41, 5.74) is 4.01. The number of hydrogen-bond donors (Lipinski definition) is 1. The number of hydrogen-bond acceptors (Lipinski definition) is 4. The quantitative estimate of drug-likeness (QED) is 0.491. The summed E-state index contributed by atoms with van der Waals surface area (Å²) in [6, 6.07) is 15.2. The van der Waals surface area contributed by atoms with Crippen LogP contribution in [-0.2, 0) is 10.1 Å². The molecule has 0 aliphatic carbocycles. The van der Waals surface area contributed by atoms with E-state index >= 15 is 0 Å². The molecule has 8 heteroatoms. The van der Waals surface area contributed by atoms with Gasteiger partial charge in [-0.2, -0.15) is 8.42 Å². The fraction of sp³-hybridized carbons (Fsp3) is 0.300. The van der Waals surface area contributed by atoms with E-state index in [1.807, 2.05) is 6.07 Å². The summed E-state index contributed by atoms with van der Waals surface area (Å²) in [5, 5.41) is 0.825. The van der Waals surface area contributed by atoms with Gasteiger partial charge in [-0.15, -0.1) is 0 Å². The summed E-state index contributed by atoms with van der Waals surface area (Å²) < 4.78 is 28.7.